The zero-order chi connectivity index (χ0) is 15.8. The summed E-state index contributed by atoms with van der Waals surface area (Å²) < 4.78 is 0. The van der Waals surface area contributed by atoms with Gasteiger partial charge in [-0.15, -0.1) is 0 Å². The van der Waals surface area contributed by atoms with Crippen LogP contribution in [0.15, 0.2) is 29.6 Å². The summed E-state index contributed by atoms with van der Waals surface area (Å²) in [5, 5.41) is 49.6. The molecule has 0 bridgehead atoms. The van der Waals surface area contributed by atoms with Gasteiger partial charge in [0.2, 0.25) is 0 Å². The fourth-order valence-electron chi connectivity index (χ4n) is 1.40. The normalized spacial score (nSPS) is 16.1. The van der Waals surface area contributed by atoms with Gasteiger partial charge in [-0.1, -0.05) is 0 Å². The first-order valence-electron chi connectivity index (χ1n) is 6.04. The lowest BCUT2D eigenvalue weighted by Gasteiger charge is -2.21. The summed E-state index contributed by atoms with van der Waals surface area (Å²) in [4.78, 5) is 15.4. The van der Waals surface area contributed by atoms with Gasteiger partial charge in [-0.25, -0.2) is 5.43 Å². The first-order chi connectivity index (χ1) is 10.0. The second-order valence-corrected chi connectivity index (χ2v) is 4.12. The van der Waals surface area contributed by atoms with Crippen LogP contribution in [-0.4, -0.2) is 73.7 Å². The molecule has 0 fully saturated rings. The number of hydrogen-bond acceptors (Lipinski definition) is 8. The molecule has 0 unspecified atom stereocenters. The number of carbonyl (C=O) groups excluding carboxylic acids is 1. The van der Waals surface area contributed by atoms with Gasteiger partial charge < -0.3 is 25.5 Å². The smallest absolute Gasteiger partial charge is 0.271 e. The van der Waals surface area contributed by atoms with E-state index in [1.807, 2.05) is 0 Å². The van der Waals surface area contributed by atoms with E-state index in [1.54, 1.807) is 0 Å². The maximum absolute atomic E-state index is 11.7. The van der Waals surface area contributed by atoms with Crippen molar-refractivity contribution in [3.8, 4) is 0 Å². The predicted octanol–water partition coefficient (Wildman–Crippen LogP) is -2.77. The molecule has 6 N–H and O–H groups in total. The summed E-state index contributed by atoms with van der Waals surface area (Å²) in [7, 11) is 0. The van der Waals surface area contributed by atoms with E-state index in [0.717, 1.165) is 0 Å². The van der Waals surface area contributed by atoms with E-state index >= 15 is 0 Å². The lowest BCUT2D eigenvalue weighted by atomic mass is 10.0. The van der Waals surface area contributed by atoms with Crippen LogP contribution < -0.4 is 5.43 Å². The van der Waals surface area contributed by atoms with Crippen LogP contribution in [0.3, 0.4) is 0 Å². The highest BCUT2D eigenvalue weighted by Gasteiger charge is 2.28. The van der Waals surface area contributed by atoms with Crippen LogP contribution >= 0.6 is 0 Å². The van der Waals surface area contributed by atoms with E-state index in [9.17, 15) is 20.1 Å². The van der Waals surface area contributed by atoms with Gasteiger partial charge in [0, 0.05) is 18.0 Å². The Bertz CT molecular complexity index is 481. The number of carbonyl (C=O) groups is 1. The Morgan fingerprint density at radius 2 is 1.86 bits per heavy atom. The van der Waals surface area contributed by atoms with E-state index in [0.29, 0.717) is 0 Å². The van der Waals surface area contributed by atoms with Gasteiger partial charge in [-0.3, -0.25) is 9.78 Å². The van der Waals surface area contributed by atoms with Crippen LogP contribution in [0.4, 0.5) is 0 Å². The van der Waals surface area contributed by atoms with Crippen molar-refractivity contribution in [1.82, 2.24) is 10.4 Å². The first kappa shape index (κ1) is 17.1. The van der Waals surface area contributed by atoms with E-state index in [4.69, 9.17) is 10.2 Å². The van der Waals surface area contributed by atoms with Crippen molar-refractivity contribution >= 4 is 11.6 Å². The summed E-state index contributed by atoms with van der Waals surface area (Å²) in [6.45, 7) is -1.53. The molecule has 1 aromatic rings. The zero-order valence-corrected chi connectivity index (χ0v) is 11.0. The lowest BCUT2D eigenvalue weighted by Crippen LogP contribution is -2.45. The summed E-state index contributed by atoms with van der Waals surface area (Å²) in [5.74, 6) is -0.604. The third-order valence-corrected chi connectivity index (χ3v) is 2.65. The number of pyridine rings is 1. The molecule has 0 aliphatic carbocycles. The molecule has 116 valence electrons. The van der Waals surface area contributed by atoms with Crippen LogP contribution in [-0.2, 0) is 0 Å². The molecule has 0 aliphatic heterocycles. The van der Waals surface area contributed by atoms with Crippen molar-refractivity contribution < 1.29 is 30.3 Å². The minimum atomic E-state index is -1.75. The molecular weight excluding hydrogens is 282 g/mol. The molecule has 0 aromatic carbocycles. The number of rotatable bonds is 7. The number of aliphatic hydroxyl groups excluding tert-OH is 5. The Hall–Kier alpha value is -1.91. The number of hydrogen-bond donors (Lipinski definition) is 6. The quantitative estimate of drug-likeness (QED) is 0.235. The molecule has 1 heterocycles. The molecule has 1 amide bonds. The van der Waals surface area contributed by atoms with Crippen LogP contribution in [0.25, 0.3) is 0 Å². The van der Waals surface area contributed by atoms with Gasteiger partial charge in [-0.05, 0) is 12.1 Å². The van der Waals surface area contributed by atoms with Crippen LogP contribution in [0.1, 0.15) is 10.4 Å². The maximum Gasteiger partial charge on any atom is 0.271 e. The summed E-state index contributed by atoms with van der Waals surface area (Å²) in [6, 6.07) is 2.87. The molecule has 1 aromatic heterocycles. The largest absolute Gasteiger partial charge is 0.394 e. The highest BCUT2D eigenvalue weighted by molar-refractivity contribution is 5.96. The standard InChI is InChI=1S/C12H17N3O6/c16-5-8(10(19)11(20)9(18)6-17)14-15-12(21)7-1-3-13-4-2-7/h1-4,9-11,16-20H,5-6H2,(H,15,21)/t9-,10-,11-/m1/s1. The Morgan fingerprint density at radius 1 is 1.24 bits per heavy atom. The Kier molecular flexibility index (Phi) is 6.85. The second-order valence-electron chi connectivity index (χ2n) is 4.12. The molecule has 0 saturated carbocycles. The summed E-state index contributed by atoms with van der Waals surface area (Å²) >= 11 is 0. The zero-order valence-electron chi connectivity index (χ0n) is 11.0. The Balaban J connectivity index is 2.73. The van der Waals surface area contributed by atoms with Crippen molar-refractivity contribution in [3.05, 3.63) is 30.1 Å². The van der Waals surface area contributed by atoms with Crippen molar-refractivity contribution in [3.63, 3.8) is 0 Å². The lowest BCUT2D eigenvalue weighted by molar-refractivity contribution is -0.0565. The third-order valence-electron chi connectivity index (χ3n) is 2.65. The fourth-order valence-corrected chi connectivity index (χ4v) is 1.40. The van der Waals surface area contributed by atoms with Gasteiger partial charge in [0.25, 0.3) is 5.91 Å². The van der Waals surface area contributed by atoms with Gasteiger partial charge >= 0.3 is 0 Å². The van der Waals surface area contributed by atoms with Crippen LogP contribution in [0.5, 0.6) is 0 Å². The maximum atomic E-state index is 11.7. The first-order valence-corrected chi connectivity index (χ1v) is 6.04. The van der Waals surface area contributed by atoms with Crippen molar-refractivity contribution in [2.75, 3.05) is 13.2 Å². The highest BCUT2D eigenvalue weighted by atomic mass is 16.4. The average molecular weight is 299 g/mol. The number of nitrogens with one attached hydrogen (secondary N) is 1. The topological polar surface area (TPSA) is 156 Å². The third kappa shape index (κ3) is 4.85. The molecule has 0 radical (unpaired) electrons. The van der Waals surface area contributed by atoms with E-state index in [-0.39, 0.29) is 11.3 Å². The van der Waals surface area contributed by atoms with E-state index in [1.165, 1.54) is 24.5 Å². The monoisotopic (exact) mass is 299 g/mol. The molecule has 3 atom stereocenters. The molecule has 0 spiro atoms. The number of aromatic nitrogens is 1. The average Bonchev–Trinajstić information content (AvgIpc) is 2.54. The Labute approximate surface area is 120 Å². The Morgan fingerprint density at radius 3 is 2.38 bits per heavy atom. The molecule has 9 nitrogen and oxygen atoms in total. The summed E-state index contributed by atoms with van der Waals surface area (Å²) in [6.07, 6.45) is -2.29. The molecular formula is C12H17N3O6. The molecule has 0 saturated heterocycles. The van der Waals surface area contributed by atoms with E-state index < -0.39 is 37.4 Å². The molecule has 0 aliphatic rings. The number of aliphatic hydroxyl groups is 5. The number of hydrazone groups is 1. The van der Waals surface area contributed by atoms with Crippen molar-refractivity contribution in [1.29, 1.82) is 0 Å². The van der Waals surface area contributed by atoms with Crippen molar-refractivity contribution in [2.45, 2.75) is 18.3 Å². The molecule has 9 heteroatoms. The molecule has 21 heavy (non-hydrogen) atoms. The van der Waals surface area contributed by atoms with Crippen LogP contribution in [0.2, 0.25) is 0 Å². The van der Waals surface area contributed by atoms with Crippen molar-refractivity contribution in [2.24, 2.45) is 5.10 Å². The second kappa shape index (κ2) is 8.39. The minimum absolute atomic E-state index is 0.261. The van der Waals surface area contributed by atoms with Gasteiger partial charge in [0.15, 0.2) is 0 Å². The minimum Gasteiger partial charge on any atom is -0.394 e. The molecule has 1 rings (SSSR count). The predicted molar refractivity (Wildman–Crippen MR) is 71.3 cm³/mol. The van der Waals surface area contributed by atoms with Gasteiger partial charge in [0.05, 0.1) is 18.9 Å². The fraction of sp³-hybridized carbons (Fsp3) is 0.417. The van der Waals surface area contributed by atoms with Gasteiger partial charge in [0.1, 0.15) is 18.3 Å². The van der Waals surface area contributed by atoms with E-state index in [2.05, 4.69) is 15.5 Å². The summed E-state index contributed by atoms with van der Waals surface area (Å²) in [5.41, 5.74) is 1.99. The number of nitrogens with zero attached hydrogens (tertiary/aromatic N) is 2. The van der Waals surface area contributed by atoms with Gasteiger partial charge in [-0.2, -0.15) is 5.10 Å². The highest BCUT2D eigenvalue weighted by Crippen LogP contribution is 2.03. The SMILES string of the molecule is O=C(NN=C(CO)[C@@H](O)[C@H](O)[C@H](O)CO)c1ccncc1. The van der Waals surface area contributed by atoms with Crippen LogP contribution in [0, 0.1) is 0 Å². The number of amides is 1.